The third-order valence-corrected chi connectivity index (χ3v) is 5.63. The van der Waals surface area contributed by atoms with Crippen LogP contribution in [0.2, 0.25) is 0 Å². The van der Waals surface area contributed by atoms with Crippen LogP contribution in [0.5, 0.6) is 0 Å². The molecule has 4 aromatic rings. The maximum absolute atomic E-state index is 2.99. The predicted octanol–water partition coefficient (Wildman–Crippen LogP) is 0.693. The maximum Gasteiger partial charge on any atom is 4.00 e. The zero-order valence-electron chi connectivity index (χ0n) is 16.7. The van der Waals surface area contributed by atoms with E-state index in [4.69, 9.17) is 0 Å². The van der Waals surface area contributed by atoms with Crippen LogP contribution in [0.15, 0.2) is 78.9 Å². The molecular weight excluding hydrogens is 577 g/mol. The summed E-state index contributed by atoms with van der Waals surface area (Å²) >= 11 is 0. The van der Waals surface area contributed by atoms with Gasteiger partial charge in [-0.2, -0.15) is 6.08 Å². The van der Waals surface area contributed by atoms with E-state index in [2.05, 4.69) is 77.4 Å². The first-order valence-corrected chi connectivity index (χ1v) is 9.90. The Morgan fingerprint density at radius 3 is 2.40 bits per heavy atom. The summed E-state index contributed by atoms with van der Waals surface area (Å²) < 4.78 is 2.50. The van der Waals surface area contributed by atoms with Gasteiger partial charge in [0.25, 0.3) is 0 Å². The molecule has 0 N–H and O–H groups in total. The van der Waals surface area contributed by atoms with Crippen LogP contribution in [0.1, 0.15) is 30.5 Å². The molecule has 4 heteroatoms. The first-order valence-electron chi connectivity index (χ1n) is 9.90. The first-order chi connectivity index (χ1) is 13.4. The Hall–Kier alpha value is -1.09. The summed E-state index contributed by atoms with van der Waals surface area (Å²) in [4.78, 5) is 0. The van der Waals surface area contributed by atoms with Gasteiger partial charge in [0.2, 0.25) is 0 Å². The van der Waals surface area contributed by atoms with Gasteiger partial charge in [-0.3, -0.25) is 6.08 Å². The molecule has 0 spiro atoms. The molecule has 0 amide bonds. The van der Waals surface area contributed by atoms with Gasteiger partial charge in [0.05, 0.1) is 5.52 Å². The number of fused-ring (bicyclic) bond motifs is 4. The molecule has 3 aromatic carbocycles. The van der Waals surface area contributed by atoms with Crippen molar-refractivity contribution in [3.63, 3.8) is 0 Å². The minimum Gasteiger partial charge on any atom is -1.00 e. The third kappa shape index (κ3) is 4.87. The van der Waals surface area contributed by atoms with Gasteiger partial charge in [0.15, 0.2) is 0 Å². The number of hydrogen-bond donors (Lipinski definition) is 0. The maximum atomic E-state index is 2.99. The topological polar surface area (TPSA) is 4.93 Å². The van der Waals surface area contributed by atoms with E-state index in [0.717, 1.165) is 6.42 Å². The van der Waals surface area contributed by atoms with E-state index in [-0.39, 0.29) is 60.2 Å². The van der Waals surface area contributed by atoms with Gasteiger partial charge in [-0.05, 0) is 43.0 Å². The Labute approximate surface area is 218 Å². The van der Waals surface area contributed by atoms with E-state index >= 15 is 0 Å². The van der Waals surface area contributed by atoms with Crippen molar-refractivity contribution in [1.82, 2.24) is 4.57 Å². The fraction of sp³-hybridized carbons (Fsp3) is 0.192. The van der Waals surface area contributed by atoms with Crippen LogP contribution >= 0.6 is 0 Å². The molecule has 30 heavy (non-hydrogen) atoms. The Balaban J connectivity index is 0.000000356. The standard InChI is InChI=1S/C21H18N.C5H5.2BrH.Zr/c1-2-8-16-14-17(13-15(16)7-1)22-20-11-5-3-9-18(20)19-10-4-6-12-21(19)22;1-2-4-5-3-1;;;/h1-3,5,7-9,11,13-14H,4,6,10,12H2;1-3H,4H2;2*1H;/q2*-1;;;+4/p-2. The molecule has 0 bridgehead atoms. The molecule has 1 nitrogen and oxygen atoms in total. The molecule has 2 aliphatic carbocycles. The number of allylic oxidation sites excluding steroid dienone is 4. The number of rotatable bonds is 1. The first kappa shape index (κ1) is 25.2. The van der Waals surface area contributed by atoms with E-state index < -0.39 is 0 Å². The van der Waals surface area contributed by atoms with Gasteiger partial charge < -0.3 is 38.5 Å². The van der Waals surface area contributed by atoms with Crippen molar-refractivity contribution < 1.29 is 60.2 Å². The summed E-state index contributed by atoms with van der Waals surface area (Å²) in [6.07, 6.45) is 15.1. The second-order valence-electron chi connectivity index (χ2n) is 7.33. The van der Waals surface area contributed by atoms with Crippen LogP contribution in [-0.2, 0) is 39.0 Å². The van der Waals surface area contributed by atoms with Crippen LogP contribution in [0, 0.1) is 6.08 Å². The molecule has 0 unspecified atom stereocenters. The molecule has 1 heterocycles. The second-order valence-corrected chi connectivity index (χ2v) is 7.33. The summed E-state index contributed by atoms with van der Waals surface area (Å²) in [5.74, 6) is 0. The predicted molar refractivity (Wildman–Crippen MR) is 115 cm³/mol. The van der Waals surface area contributed by atoms with E-state index in [9.17, 15) is 0 Å². The molecule has 0 saturated carbocycles. The molecule has 1 aromatic heterocycles. The number of hydrogen-bond acceptors (Lipinski definition) is 0. The second kappa shape index (κ2) is 11.5. The number of aromatic nitrogens is 1. The monoisotopic (exact) mass is 597 g/mol. The zero-order chi connectivity index (χ0) is 18.1. The molecule has 0 saturated heterocycles. The van der Waals surface area contributed by atoms with Crippen molar-refractivity contribution in [2.45, 2.75) is 32.1 Å². The minimum atomic E-state index is 0. The van der Waals surface area contributed by atoms with Gasteiger partial charge in [-0.25, -0.2) is 12.2 Å². The third-order valence-electron chi connectivity index (χ3n) is 5.63. The quantitative estimate of drug-likeness (QED) is 0.284. The van der Waals surface area contributed by atoms with Crippen molar-refractivity contribution in [2.75, 3.05) is 0 Å². The minimum absolute atomic E-state index is 0. The van der Waals surface area contributed by atoms with Gasteiger partial charge in [-0.15, -0.1) is 47.5 Å². The van der Waals surface area contributed by atoms with E-state index in [0.29, 0.717) is 0 Å². The smallest absolute Gasteiger partial charge is 1.00 e. The van der Waals surface area contributed by atoms with E-state index in [1.165, 1.54) is 58.7 Å². The SMILES string of the molecule is [Br-].[Br-].[C-]1=CC=CC1.[Zr+4].c1ccc2[cH-]c(-n3c4c(c5ccccc53)CCCC4)cc2c1. The summed E-state index contributed by atoms with van der Waals surface area (Å²) in [5, 5.41) is 4.11. The van der Waals surface area contributed by atoms with Crippen molar-refractivity contribution >= 4 is 21.7 Å². The Kier molecular flexibility index (Phi) is 9.66. The van der Waals surface area contributed by atoms with Gasteiger partial charge >= 0.3 is 26.2 Å². The molecule has 0 radical (unpaired) electrons. The number of halogens is 2. The summed E-state index contributed by atoms with van der Waals surface area (Å²) in [6, 6.07) is 22.2. The molecule has 0 aliphatic heterocycles. The summed E-state index contributed by atoms with van der Waals surface area (Å²) in [6.45, 7) is 0. The molecule has 6 rings (SSSR count). The van der Waals surface area contributed by atoms with Crippen LogP contribution in [0.25, 0.3) is 27.4 Å². The fourth-order valence-electron chi connectivity index (χ4n) is 4.39. The van der Waals surface area contributed by atoms with Crippen molar-refractivity contribution in [3.8, 4) is 5.69 Å². The van der Waals surface area contributed by atoms with Gasteiger partial charge in [0.1, 0.15) is 0 Å². The fourth-order valence-corrected chi connectivity index (χ4v) is 4.39. The number of benzene rings is 2. The number of para-hydroxylation sites is 1. The average molecular weight is 601 g/mol. The Bertz CT molecular complexity index is 1120. The Morgan fingerprint density at radius 1 is 0.900 bits per heavy atom. The van der Waals surface area contributed by atoms with Crippen molar-refractivity contribution in [1.29, 1.82) is 0 Å². The van der Waals surface area contributed by atoms with E-state index in [1.54, 1.807) is 5.56 Å². The molecule has 150 valence electrons. The largest absolute Gasteiger partial charge is 4.00 e. The number of aryl methyl sites for hydroxylation is 1. The molecule has 0 atom stereocenters. The molecular formula is C26H23Br2NZr. The van der Waals surface area contributed by atoms with Crippen molar-refractivity contribution in [3.05, 3.63) is 96.2 Å². The van der Waals surface area contributed by atoms with Gasteiger partial charge in [-0.1, -0.05) is 24.3 Å². The van der Waals surface area contributed by atoms with Gasteiger partial charge in [0, 0.05) is 11.1 Å². The van der Waals surface area contributed by atoms with Crippen LogP contribution in [-0.4, -0.2) is 4.57 Å². The zero-order valence-corrected chi connectivity index (χ0v) is 22.4. The number of nitrogens with zero attached hydrogens (tertiary/aromatic N) is 1. The average Bonchev–Trinajstić information content (AvgIpc) is 3.46. The normalized spacial score (nSPS) is 13.6. The summed E-state index contributed by atoms with van der Waals surface area (Å²) in [7, 11) is 0. The van der Waals surface area contributed by atoms with Crippen LogP contribution < -0.4 is 34.0 Å². The van der Waals surface area contributed by atoms with E-state index in [1.807, 2.05) is 12.2 Å². The molecule has 0 fully saturated rings. The summed E-state index contributed by atoms with van der Waals surface area (Å²) in [5.41, 5.74) is 5.79. The molecule has 2 aliphatic rings. The van der Waals surface area contributed by atoms with Crippen molar-refractivity contribution in [2.24, 2.45) is 0 Å². The van der Waals surface area contributed by atoms with Crippen LogP contribution in [0.3, 0.4) is 0 Å². The Morgan fingerprint density at radius 2 is 1.67 bits per heavy atom. The van der Waals surface area contributed by atoms with Crippen LogP contribution in [0.4, 0.5) is 0 Å².